The van der Waals surface area contributed by atoms with Gasteiger partial charge in [-0.2, -0.15) is 5.10 Å². The zero-order chi connectivity index (χ0) is 51.5. The van der Waals surface area contributed by atoms with Crippen LogP contribution in [0.4, 0.5) is 10.5 Å². The molecular weight excluding hydrogens is 907 g/mol. The number of hydrogen-bond acceptors (Lipinski definition) is 14. The molecule has 1 atom stereocenters. The lowest BCUT2D eigenvalue weighted by Gasteiger charge is -2.59. The minimum absolute atomic E-state index is 0.00375. The van der Waals surface area contributed by atoms with Crippen LogP contribution in [0, 0.1) is 23.7 Å². The average Bonchev–Trinajstić information content (AvgIpc) is 3.74. The van der Waals surface area contributed by atoms with Crippen molar-refractivity contribution in [3.8, 4) is 28.4 Å². The number of carbonyl (C=O) groups is 3. The fourth-order valence-electron chi connectivity index (χ4n) is 10.7. The number of benzene rings is 2. The number of hydrogen-bond donors (Lipinski definition) is 5. The Morgan fingerprint density at radius 1 is 0.817 bits per heavy atom. The molecule has 1 unspecified atom stereocenters. The van der Waals surface area contributed by atoms with Crippen molar-refractivity contribution in [2.75, 3.05) is 85.7 Å². The SMILES string of the molecule is COc1cccc(OC)c1-c1cc(C(=O)NC2(C(=O)OC(C)(C)C)C3CC4CC(C3)CC2C4)nn1-c1ccc(NCCCN(C)CCCNC(O)COCCOCCNC(=O)OC(C)(C)C)cc1C(C)C. The van der Waals surface area contributed by atoms with Gasteiger partial charge in [-0.25, -0.2) is 14.3 Å². The second kappa shape index (κ2) is 24.7. The highest BCUT2D eigenvalue weighted by Gasteiger charge is 2.63. The maximum Gasteiger partial charge on any atom is 0.407 e. The summed E-state index contributed by atoms with van der Waals surface area (Å²) in [7, 11) is 5.33. The summed E-state index contributed by atoms with van der Waals surface area (Å²) in [5, 5.41) is 28.1. The Hall–Kier alpha value is -4.94. The van der Waals surface area contributed by atoms with Gasteiger partial charge >= 0.3 is 12.1 Å². The summed E-state index contributed by atoms with van der Waals surface area (Å²) in [4.78, 5) is 43.2. The molecule has 0 spiro atoms. The van der Waals surface area contributed by atoms with E-state index in [1.807, 2.05) is 76.6 Å². The van der Waals surface area contributed by atoms with E-state index in [-0.39, 0.29) is 36.0 Å². The summed E-state index contributed by atoms with van der Waals surface area (Å²) in [6.45, 7) is 20.0. The zero-order valence-corrected chi connectivity index (χ0v) is 44.3. The highest BCUT2D eigenvalue weighted by molar-refractivity contribution is 5.98. The molecule has 5 N–H and O–H groups in total. The van der Waals surface area contributed by atoms with E-state index in [4.69, 9.17) is 33.5 Å². The van der Waals surface area contributed by atoms with Gasteiger partial charge in [0, 0.05) is 18.8 Å². The zero-order valence-electron chi connectivity index (χ0n) is 44.3. The molecule has 2 amide bonds. The molecule has 1 heterocycles. The number of nitrogens with zero attached hydrogens (tertiary/aromatic N) is 3. The van der Waals surface area contributed by atoms with Gasteiger partial charge in [-0.15, -0.1) is 0 Å². The van der Waals surface area contributed by atoms with Gasteiger partial charge in [-0.1, -0.05) is 19.9 Å². The summed E-state index contributed by atoms with van der Waals surface area (Å²) >= 11 is 0. The molecule has 4 fully saturated rings. The molecule has 17 nitrogen and oxygen atoms in total. The predicted octanol–water partition coefficient (Wildman–Crippen LogP) is 7.54. The van der Waals surface area contributed by atoms with Gasteiger partial charge < -0.3 is 54.4 Å². The molecular formula is C54H83N7O10. The Balaban J connectivity index is 1.05. The van der Waals surface area contributed by atoms with Crippen molar-refractivity contribution in [2.24, 2.45) is 23.7 Å². The van der Waals surface area contributed by atoms with E-state index in [1.54, 1.807) is 20.3 Å². The van der Waals surface area contributed by atoms with Crippen molar-refractivity contribution in [1.29, 1.82) is 0 Å². The number of esters is 1. The fourth-order valence-corrected chi connectivity index (χ4v) is 10.7. The van der Waals surface area contributed by atoms with Crippen LogP contribution in [0.25, 0.3) is 16.9 Å². The number of nitrogens with one attached hydrogen (secondary N) is 4. The van der Waals surface area contributed by atoms with E-state index in [9.17, 15) is 19.5 Å². The van der Waals surface area contributed by atoms with Crippen molar-refractivity contribution in [3.63, 3.8) is 0 Å². The highest BCUT2D eigenvalue weighted by Crippen LogP contribution is 2.59. The lowest BCUT2D eigenvalue weighted by atomic mass is 9.48. The molecule has 7 rings (SSSR count). The van der Waals surface area contributed by atoms with Crippen molar-refractivity contribution < 1.29 is 47.9 Å². The van der Waals surface area contributed by atoms with Crippen molar-refractivity contribution in [2.45, 2.75) is 129 Å². The van der Waals surface area contributed by atoms with Gasteiger partial charge in [0.05, 0.1) is 57.6 Å². The maximum absolute atomic E-state index is 14.8. The molecule has 1 aromatic heterocycles. The number of alkyl carbamates (subject to hydrolysis) is 1. The number of amides is 2. The summed E-state index contributed by atoms with van der Waals surface area (Å²) in [5.41, 5.74) is 1.89. The molecule has 0 radical (unpaired) electrons. The van der Waals surface area contributed by atoms with Crippen LogP contribution in [0.15, 0.2) is 42.5 Å². The van der Waals surface area contributed by atoms with Gasteiger partial charge in [-0.05, 0) is 185 Å². The Morgan fingerprint density at radius 2 is 1.44 bits per heavy atom. The van der Waals surface area contributed by atoms with Gasteiger partial charge in [0.15, 0.2) is 5.69 Å². The largest absolute Gasteiger partial charge is 0.496 e. The molecule has 0 saturated heterocycles. The molecule has 71 heavy (non-hydrogen) atoms. The quantitative estimate of drug-likeness (QED) is 0.0301. The molecule has 4 bridgehead atoms. The monoisotopic (exact) mass is 990 g/mol. The number of anilines is 1. The minimum Gasteiger partial charge on any atom is -0.496 e. The summed E-state index contributed by atoms with van der Waals surface area (Å²) in [6, 6.07) is 13.6. The Kier molecular flexibility index (Phi) is 19.2. The van der Waals surface area contributed by atoms with E-state index < -0.39 is 35.0 Å². The van der Waals surface area contributed by atoms with Crippen LogP contribution >= 0.6 is 0 Å². The lowest BCUT2D eigenvalue weighted by molar-refractivity contribution is -0.180. The number of rotatable bonds is 26. The van der Waals surface area contributed by atoms with Crippen LogP contribution in [0.3, 0.4) is 0 Å². The molecule has 4 saturated carbocycles. The Morgan fingerprint density at radius 3 is 2.04 bits per heavy atom. The molecule has 3 aromatic rings. The first-order chi connectivity index (χ1) is 33.7. The molecule has 394 valence electrons. The number of methoxy groups -OCH3 is 2. The lowest BCUT2D eigenvalue weighted by Crippen LogP contribution is -2.71. The topological polar surface area (TPSA) is 196 Å². The van der Waals surface area contributed by atoms with Crippen LogP contribution in [-0.2, 0) is 23.7 Å². The number of carbonyl (C=O) groups excluding carboxylic acids is 3. The first kappa shape index (κ1) is 55.4. The van der Waals surface area contributed by atoms with Crippen molar-refractivity contribution in [3.05, 3.63) is 53.7 Å². The number of ether oxygens (including phenoxy) is 6. The standard InChI is InChI=1S/C54H83N7O10/c1-35(2)41-32-40(55-19-13-22-60(9)23-14-20-56-47(62)34-69-26-25-68-24-21-57-51(65)71-53(6,7)8)17-18-43(41)61-44(48-45(66-10)15-12-16-46(48)67-11)33-42(59-61)49(63)58-54(50(64)70-52(3,4)5)38-28-36-27-37(30-38)31-39(54)29-36/h12,15-18,32-33,35-39,47,55-56,62H,13-14,19-31,34H2,1-11H3,(H,57,65)(H,58,63). The first-order valence-corrected chi connectivity index (χ1v) is 25.7. The first-order valence-electron chi connectivity index (χ1n) is 25.7. The summed E-state index contributed by atoms with van der Waals surface area (Å²) < 4.78 is 35.9. The number of aliphatic hydroxyl groups excluding tert-OH is 1. The van der Waals surface area contributed by atoms with Crippen LogP contribution in [0.5, 0.6) is 11.5 Å². The third-order valence-electron chi connectivity index (χ3n) is 13.7. The van der Waals surface area contributed by atoms with Gasteiger partial charge in [0.25, 0.3) is 5.91 Å². The van der Waals surface area contributed by atoms with Crippen LogP contribution in [0.1, 0.15) is 122 Å². The summed E-state index contributed by atoms with van der Waals surface area (Å²) in [5.74, 6) is 1.63. The van der Waals surface area contributed by atoms with E-state index in [0.717, 1.165) is 75.1 Å². The molecule has 17 heteroatoms. The Bertz CT molecular complexity index is 2180. The third-order valence-corrected chi connectivity index (χ3v) is 13.7. The molecule has 4 aliphatic rings. The minimum atomic E-state index is -1.13. The van der Waals surface area contributed by atoms with Crippen LogP contribution < -0.4 is 30.7 Å². The molecule has 4 aliphatic carbocycles. The smallest absolute Gasteiger partial charge is 0.407 e. The van der Waals surface area contributed by atoms with E-state index in [0.29, 0.717) is 67.5 Å². The Labute approximate surface area is 421 Å². The van der Waals surface area contributed by atoms with Crippen LogP contribution in [0.2, 0.25) is 0 Å². The number of aromatic nitrogens is 2. The van der Waals surface area contributed by atoms with Gasteiger partial charge in [-0.3, -0.25) is 10.1 Å². The van der Waals surface area contributed by atoms with E-state index in [1.165, 1.54) is 6.42 Å². The summed E-state index contributed by atoms with van der Waals surface area (Å²) in [6.07, 6.45) is 5.34. The third kappa shape index (κ3) is 14.8. The van der Waals surface area contributed by atoms with Crippen LogP contribution in [-0.4, -0.2) is 141 Å². The maximum atomic E-state index is 14.8. The van der Waals surface area contributed by atoms with Crippen molar-refractivity contribution in [1.82, 2.24) is 30.6 Å². The average molecular weight is 990 g/mol. The second-order valence-electron chi connectivity index (χ2n) is 21.9. The van der Waals surface area contributed by atoms with E-state index >= 15 is 0 Å². The number of aliphatic hydroxyl groups is 1. The molecule has 2 aromatic carbocycles. The van der Waals surface area contributed by atoms with E-state index in [2.05, 4.69) is 53.1 Å². The van der Waals surface area contributed by atoms with Crippen molar-refractivity contribution >= 4 is 23.7 Å². The van der Waals surface area contributed by atoms with Gasteiger partial charge in [0.2, 0.25) is 0 Å². The second-order valence-corrected chi connectivity index (χ2v) is 21.9. The fraction of sp³-hybridized carbons (Fsp3) is 0.667. The normalized spacial score (nSPS) is 21.0. The predicted molar refractivity (Wildman–Crippen MR) is 274 cm³/mol. The van der Waals surface area contributed by atoms with Gasteiger partial charge in [0.1, 0.15) is 34.5 Å². The molecule has 0 aliphatic heterocycles. The highest BCUT2D eigenvalue weighted by atomic mass is 16.6.